The van der Waals surface area contributed by atoms with E-state index in [4.69, 9.17) is 5.73 Å². The lowest BCUT2D eigenvalue weighted by Gasteiger charge is -2.43. The Bertz CT molecular complexity index is 478. The van der Waals surface area contributed by atoms with Crippen LogP contribution in [-0.4, -0.2) is 60.5 Å². The van der Waals surface area contributed by atoms with Crippen molar-refractivity contribution < 1.29 is 9.59 Å². The Labute approximate surface area is 152 Å². The molecule has 25 heavy (non-hydrogen) atoms. The number of amides is 3. The lowest BCUT2D eigenvalue weighted by molar-refractivity contribution is -0.136. The third kappa shape index (κ3) is 5.59. The Hall–Kier alpha value is -1.30. The van der Waals surface area contributed by atoms with Crippen molar-refractivity contribution in [1.29, 1.82) is 0 Å². The van der Waals surface area contributed by atoms with Gasteiger partial charge in [0.15, 0.2) is 0 Å². The molecule has 3 amide bonds. The predicted octanol–water partition coefficient (Wildman–Crippen LogP) is 2.04. The van der Waals surface area contributed by atoms with Gasteiger partial charge in [-0.25, -0.2) is 4.79 Å². The first-order valence-corrected chi connectivity index (χ1v) is 9.75. The number of nitrogens with zero attached hydrogens (tertiary/aromatic N) is 2. The van der Waals surface area contributed by atoms with Crippen LogP contribution in [0.15, 0.2) is 0 Å². The zero-order chi connectivity index (χ0) is 18.6. The summed E-state index contributed by atoms with van der Waals surface area (Å²) in [5, 5.41) is 2.98. The molecule has 0 aromatic heterocycles. The number of urea groups is 1. The number of carbonyl (C=O) groups is 2. The Morgan fingerprint density at radius 1 is 1.20 bits per heavy atom. The highest BCUT2D eigenvalue weighted by Gasteiger charge is 2.36. The van der Waals surface area contributed by atoms with Gasteiger partial charge in [-0.05, 0) is 36.5 Å². The van der Waals surface area contributed by atoms with E-state index < -0.39 is 0 Å². The Morgan fingerprint density at radius 3 is 2.56 bits per heavy atom. The van der Waals surface area contributed by atoms with Gasteiger partial charge in [0, 0.05) is 45.2 Å². The van der Waals surface area contributed by atoms with Crippen LogP contribution in [-0.2, 0) is 4.79 Å². The van der Waals surface area contributed by atoms with Crippen molar-refractivity contribution in [1.82, 2.24) is 15.1 Å². The first-order chi connectivity index (χ1) is 11.7. The maximum absolute atomic E-state index is 12.7. The molecule has 2 aliphatic rings. The molecule has 0 aliphatic carbocycles. The lowest BCUT2D eigenvalue weighted by Crippen LogP contribution is -2.54. The Kier molecular flexibility index (Phi) is 6.72. The van der Waals surface area contributed by atoms with Crippen LogP contribution < -0.4 is 11.1 Å². The normalized spacial score (nSPS) is 26.6. The molecule has 2 fully saturated rings. The van der Waals surface area contributed by atoms with Gasteiger partial charge in [-0.1, -0.05) is 27.7 Å². The molecule has 0 spiro atoms. The minimum absolute atomic E-state index is 0.0101. The molecule has 144 valence electrons. The number of nitrogens with one attached hydrogen (secondary N) is 1. The summed E-state index contributed by atoms with van der Waals surface area (Å²) in [5.74, 6) is 0.930. The highest BCUT2D eigenvalue weighted by atomic mass is 16.2. The second kappa shape index (κ2) is 8.39. The number of piperidine rings is 2. The van der Waals surface area contributed by atoms with E-state index in [1.54, 1.807) is 0 Å². The van der Waals surface area contributed by atoms with Gasteiger partial charge in [-0.15, -0.1) is 0 Å². The first kappa shape index (κ1) is 20.0. The first-order valence-electron chi connectivity index (χ1n) is 9.75. The summed E-state index contributed by atoms with van der Waals surface area (Å²) >= 11 is 0. The van der Waals surface area contributed by atoms with E-state index in [1.165, 1.54) is 0 Å². The lowest BCUT2D eigenvalue weighted by atomic mass is 9.79. The van der Waals surface area contributed by atoms with Crippen LogP contribution in [0.4, 0.5) is 4.79 Å². The standard InChI is InChI=1S/C19H36N4O2/c1-14(2)11-21-18(25)22-8-5-6-15(12-22)10-17(24)23-9-7-16(20)19(3,4)13-23/h14-16H,5-13,20H2,1-4H3,(H,21,25). The molecule has 6 heteroatoms. The summed E-state index contributed by atoms with van der Waals surface area (Å²) < 4.78 is 0. The molecule has 2 atom stereocenters. The van der Waals surface area contributed by atoms with Gasteiger partial charge in [0.05, 0.1) is 0 Å². The van der Waals surface area contributed by atoms with Crippen molar-refractivity contribution in [3.63, 3.8) is 0 Å². The minimum atomic E-state index is -0.0246. The van der Waals surface area contributed by atoms with E-state index in [-0.39, 0.29) is 29.3 Å². The van der Waals surface area contributed by atoms with E-state index in [0.717, 1.165) is 38.9 Å². The zero-order valence-electron chi connectivity index (χ0n) is 16.4. The van der Waals surface area contributed by atoms with Gasteiger partial charge in [0.1, 0.15) is 0 Å². The third-order valence-corrected chi connectivity index (χ3v) is 5.60. The second-order valence-electron chi connectivity index (χ2n) is 8.94. The van der Waals surface area contributed by atoms with Gasteiger partial charge in [0.2, 0.25) is 5.91 Å². The summed E-state index contributed by atoms with van der Waals surface area (Å²) in [6, 6.07) is 0.169. The van der Waals surface area contributed by atoms with Gasteiger partial charge >= 0.3 is 6.03 Å². The van der Waals surface area contributed by atoms with Crippen molar-refractivity contribution in [3.8, 4) is 0 Å². The molecule has 3 N–H and O–H groups in total. The topological polar surface area (TPSA) is 78.7 Å². The van der Waals surface area contributed by atoms with Crippen LogP contribution in [0.25, 0.3) is 0 Å². The number of hydrogen-bond acceptors (Lipinski definition) is 3. The molecule has 6 nitrogen and oxygen atoms in total. The summed E-state index contributed by atoms with van der Waals surface area (Å²) in [4.78, 5) is 28.8. The molecule has 2 saturated heterocycles. The number of likely N-dealkylation sites (tertiary alicyclic amines) is 2. The average Bonchev–Trinajstić information content (AvgIpc) is 2.55. The summed E-state index contributed by atoms with van der Waals surface area (Å²) in [6.07, 6.45) is 3.41. The molecule has 0 radical (unpaired) electrons. The van der Waals surface area contributed by atoms with Crippen molar-refractivity contribution in [2.75, 3.05) is 32.7 Å². The SMILES string of the molecule is CC(C)CNC(=O)N1CCCC(CC(=O)N2CCC(N)C(C)(C)C2)C1. The summed E-state index contributed by atoms with van der Waals surface area (Å²) in [5.41, 5.74) is 6.15. The quantitative estimate of drug-likeness (QED) is 0.813. The van der Waals surface area contributed by atoms with Crippen LogP contribution in [0.5, 0.6) is 0 Å². The molecule has 2 aliphatic heterocycles. The molecule has 2 heterocycles. The van der Waals surface area contributed by atoms with Crippen molar-refractivity contribution >= 4 is 11.9 Å². The van der Waals surface area contributed by atoms with Crippen molar-refractivity contribution in [2.24, 2.45) is 23.0 Å². The molecule has 0 saturated carbocycles. The largest absolute Gasteiger partial charge is 0.342 e. The van der Waals surface area contributed by atoms with E-state index in [0.29, 0.717) is 25.4 Å². The van der Waals surface area contributed by atoms with Gasteiger partial charge in [0.25, 0.3) is 0 Å². The highest BCUT2D eigenvalue weighted by Crippen LogP contribution is 2.29. The monoisotopic (exact) mass is 352 g/mol. The maximum Gasteiger partial charge on any atom is 0.317 e. The molecule has 2 rings (SSSR count). The molecule has 0 aromatic carbocycles. The number of carbonyl (C=O) groups excluding carboxylic acids is 2. The summed E-state index contributed by atoms with van der Waals surface area (Å²) in [7, 11) is 0. The van der Waals surface area contributed by atoms with E-state index >= 15 is 0 Å². The van der Waals surface area contributed by atoms with Crippen LogP contribution in [0.3, 0.4) is 0 Å². The number of rotatable bonds is 4. The van der Waals surface area contributed by atoms with Gasteiger partial charge < -0.3 is 20.9 Å². The Morgan fingerprint density at radius 2 is 1.92 bits per heavy atom. The summed E-state index contributed by atoms with van der Waals surface area (Å²) in [6.45, 7) is 12.1. The molecule has 0 aromatic rings. The fourth-order valence-electron chi connectivity index (χ4n) is 3.78. The van der Waals surface area contributed by atoms with E-state index in [9.17, 15) is 9.59 Å². The van der Waals surface area contributed by atoms with Crippen molar-refractivity contribution in [3.05, 3.63) is 0 Å². The fraction of sp³-hybridized carbons (Fsp3) is 0.895. The van der Waals surface area contributed by atoms with Crippen LogP contribution in [0.2, 0.25) is 0 Å². The molecular weight excluding hydrogens is 316 g/mol. The zero-order valence-corrected chi connectivity index (χ0v) is 16.4. The molecular formula is C19H36N4O2. The van der Waals surface area contributed by atoms with Crippen LogP contribution in [0, 0.1) is 17.3 Å². The number of hydrogen-bond donors (Lipinski definition) is 2. The van der Waals surface area contributed by atoms with E-state index in [1.807, 2.05) is 9.80 Å². The maximum atomic E-state index is 12.7. The van der Waals surface area contributed by atoms with Gasteiger partial charge in [-0.3, -0.25) is 4.79 Å². The van der Waals surface area contributed by atoms with Crippen LogP contribution >= 0.6 is 0 Å². The minimum Gasteiger partial charge on any atom is -0.342 e. The fourth-order valence-corrected chi connectivity index (χ4v) is 3.78. The molecule has 0 bridgehead atoms. The van der Waals surface area contributed by atoms with Crippen LogP contribution in [0.1, 0.15) is 53.4 Å². The smallest absolute Gasteiger partial charge is 0.317 e. The Balaban J connectivity index is 1.83. The third-order valence-electron chi connectivity index (χ3n) is 5.60. The predicted molar refractivity (Wildman–Crippen MR) is 100 cm³/mol. The number of nitrogens with two attached hydrogens (primary N) is 1. The van der Waals surface area contributed by atoms with E-state index in [2.05, 4.69) is 33.0 Å². The highest BCUT2D eigenvalue weighted by molar-refractivity contribution is 5.77. The molecule has 2 unspecified atom stereocenters. The average molecular weight is 353 g/mol. The second-order valence-corrected chi connectivity index (χ2v) is 8.94. The van der Waals surface area contributed by atoms with Crippen molar-refractivity contribution in [2.45, 2.75) is 59.4 Å². The van der Waals surface area contributed by atoms with Gasteiger partial charge in [-0.2, -0.15) is 0 Å².